The Morgan fingerprint density at radius 3 is 2.24 bits per heavy atom. The van der Waals surface area contributed by atoms with Gasteiger partial charge in [0.15, 0.2) is 5.78 Å². The first-order valence-electron chi connectivity index (χ1n) is 10.0. The van der Waals surface area contributed by atoms with E-state index in [1.807, 2.05) is 49.4 Å². The molecule has 1 heterocycles. The molecule has 0 atom stereocenters. The van der Waals surface area contributed by atoms with E-state index in [0.29, 0.717) is 31.5 Å². The van der Waals surface area contributed by atoms with Crippen LogP contribution in [-0.4, -0.2) is 41.8 Å². The number of hydrogen-bond acceptors (Lipinski definition) is 3. The minimum atomic E-state index is -0.121. The maximum Gasteiger partial charge on any atom is 0.321 e. The number of nitrogens with zero attached hydrogens (tertiary/aromatic N) is 1. The number of likely N-dealkylation sites (tertiary alicyclic amines) is 1. The highest BCUT2D eigenvalue weighted by Crippen LogP contribution is 2.14. The lowest BCUT2D eigenvalue weighted by molar-refractivity contribution is -0.122. The van der Waals surface area contributed by atoms with Crippen molar-refractivity contribution in [2.24, 2.45) is 0 Å². The molecule has 0 saturated carbocycles. The summed E-state index contributed by atoms with van der Waals surface area (Å²) in [5.74, 6) is -0.134. The van der Waals surface area contributed by atoms with Gasteiger partial charge in [-0.2, -0.15) is 0 Å². The van der Waals surface area contributed by atoms with Crippen LogP contribution in [0.3, 0.4) is 0 Å². The van der Waals surface area contributed by atoms with Gasteiger partial charge in [0, 0.05) is 43.2 Å². The van der Waals surface area contributed by atoms with E-state index in [2.05, 4.69) is 10.6 Å². The first-order chi connectivity index (χ1) is 14.0. The number of urea groups is 1. The van der Waals surface area contributed by atoms with Gasteiger partial charge in [-0.3, -0.25) is 9.59 Å². The molecule has 1 saturated heterocycles. The maximum absolute atomic E-state index is 12.3. The van der Waals surface area contributed by atoms with Crippen molar-refractivity contribution in [3.8, 4) is 0 Å². The lowest BCUT2D eigenvalue weighted by Gasteiger charge is -2.32. The second-order valence-corrected chi connectivity index (χ2v) is 7.41. The van der Waals surface area contributed by atoms with E-state index in [9.17, 15) is 14.4 Å². The smallest absolute Gasteiger partial charge is 0.321 e. The van der Waals surface area contributed by atoms with E-state index in [4.69, 9.17) is 0 Å². The van der Waals surface area contributed by atoms with E-state index in [0.717, 1.165) is 11.3 Å². The molecule has 29 heavy (non-hydrogen) atoms. The molecule has 1 fully saturated rings. The molecule has 0 bridgehead atoms. The number of carbonyl (C=O) groups is 3. The highest BCUT2D eigenvalue weighted by molar-refractivity contribution is 5.98. The molecule has 0 radical (unpaired) electrons. The van der Waals surface area contributed by atoms with Gasteiger partial charge in [-0.1, -0.05) is 48.0 Å². The number of para-hydroxylation sites is 1. The van der Waals surface area contributed by atoms with E-state index in [-0.39, 0.29) is 36.6 Å². The molecule has 152 valence electrons. The Labute approximate surface area is 171 Å². The normalized spacial score (nSPS) is 14.3. The van der Waals surface area contributed by atoms with Crippen molar-refractivity contribution in [1.82, 2.24) is 10.2 Å². The lowest BCUT2D eigenvalue weighted by atomic mass is 10.0. The average Bonchev–Trinajstić information content (AvgIpc) is 2.74. The maximum atomic E-state index is 12.3. The van der Waals surface area contributed by atoms with Crippen molar-refractivity contribution in [3.05, 3.63) is 65.7 Å². The fourth-order valence-electron chi connectivity index (χ4n) is 3.36. The molecule has 1 aliphatic heterocycles. The third-order valence-corrected chi connectivity index (χ3v) is 5.13. The molecule has 2 aromatic carbocycles. The summed E-state index contributed by atoms with van der Waals surface area (Å²) in [4.78, 5) is 38.5. The predicted octanol–water partition coefficient (Wildman–Crippen LogP) is 3.77. The Balaban J connectivity index is 1.37. The minimum Gasteiger partial charge on any atom is -0.353 e. The zero-order chi connectivity index (χ0) is 20.6. The van der Waals surface area contributed by atoms with Crippen LogP contribution in [0.5, 0.6) is 0 Å². The predicted molar refractivity (Wildman–Crippen MR) is 113 cm³/mol. The molecule has 0 unspecified atom stereocenters. The van der Waals surface area contributed by atoms with Crippen LogP contribution in [0.4, 0.5) is 10.5 Å². The zero-order valence-corrected chi connectivity index (χ0v) is 16.7. The number of aryl methyl sites for hydroxylation is 1. The van der Waals surface area contributed by atoms with E-state index < -0.39 is 0 Å². The van der Waals surface area contributed by atoms with E-state index >= 15 is 0 Å². The number of Topliss-reactive ketones (excluding diaryl/α,β-unsaturated/α-hetero) is 1. The largest absolute Gasteiger partial charge is 0.353 e. The number of piperidine rings is 1. The van der Waals surface area contributed by atoms with Crippen LogP contribution in [0.1, 0.15) is 41.6 Å². The Morgan fingerprint density at radius 1 is 0.931 bits per heavy atom. The Bertz CT molecular complexity index is 841. The number of carbonyl (C=O) groups excluding carboxylic acids is 3. The topological polar surface area (TPSA) is 78.5 Å². The minimum absolute atomic E-state index is 0.0208. The van der Waals surface area contributed by atoms with Gasteiger partial charge in [0.1, 0.15) is 0 Å². The summed E-state index contributed by atoms with van der Waals surface area (Å²) in [5.41, 5.74) is 2.51. The van der Waals surface area contributed by atoms with Gasteiger partial charge in [0.25, 0.3) is 0 Å². The number of anilines is 1. The van der Waals surface area contributed by atoms with E-state index in [1.54, 1.807) is 17.0 Å². The summed E-state index contributed by atoms with van der Waals surface area (Å²) in [5, 5.41) is 5.88. The fraction of sp³-hybridized carbons (Fsp3) is 0.348. The molecule has 0 aromatic heterocycles. The van der Waals surface area contributed by atoms with Crippen LogP contribution < -0.4 is 10.6 Å². The van der Waals surface area contributed by atoms with Crippen molar-refractivity contribution in [2.75, 3.05) is 18.4 Å². The van der Waals surface area contributed by atoms with Gasteiger partial charge in [-0.25, -0.2) is 4.79 Å². The van der Waals surface area contributed by atoms with Crippen LogP contribution in [0.2, 0.25) is 0 Å². The van der Waals surface area contributed by atoms with E-state index in [1.165, 1.54) is 0 Å². The van der Waals surface area contributed by atoms with Crippen molar-refractivity contribution in [2.45, 2.75) is 38.6 Å². The zero-order valence-electron chi connectivity index (χ0n) is 16.7. The van der Waals surface area contributed by atoms with Crippen LogP contribution in [-0.2, 0) is 4.79 Å². The highest BCUT2D eigenvalue weighted by Gasteiger charge is 2.24. The lowest BCUT2D eigenvalue weighted by Crippen LogP contribution is -2.47. The summed E-state index contributed by atoms with van der Waals surface area (Å²) in [6.45, 7) is 3.15. The second-order valence-electron chi connectivity index (χ2n) is 7.41. The standard InChI is InChI=1S/C23H27N3O3/c1-17-7-9-18(10-8-17)21(27)11-12-22(28)24-20-13-15-26(16-14-20)23(29)25-19-5-3-2-4-6-19/h2-10,20H,11-16H2,1H3,(H,24,28)(H,25,29). The third-order valence-electron chi connectivity index (χ3n) is 5.13. The summed E-state index contributed by atoms with van der Waals surface area (Å²) >= 11 is 0. The number of hydrogen-bond donors (Lipinski definition) is 2. The van der Waals surface area contributed by atoms with Crippen molar-refractivity contribution in [3.63, 3.8) is 0 Å². The molecule has 0 aliphatic carbocycles. The Kier molecular flexibility index (Phi) is 7.00. The first-order valence-corrected chi connectivity index (χ1v) is 10.0. The van der Waals surface area contributed by atoms with Gasteiger partial charge in [0.05, 0.1) is 0 Å². The molecular weight excluding hydrogens is 366 g/mol. The molecule has 2 N–H and O–H groups in total. The average molecular weight is 393 g/mol. The molecule has 1 aliphatic rings. The molecule has 6 heteroatoms. The molecule has 3 rings (SSSR count). The molecule has 6 nitrogen and oxygen atoms in total. The fourth-order valence-corrected chi connectivity index (χ4v) is 3.36. The monoisotopic (exact) mass is 393 g/mol. The van der Waals surface area contributed by atoms with Gasteiger partial charge in [-0.05, 0) is 31.9 Å². The van der Waals surface area contributed by atoms with Crippen LogP contribution in [0.25, 0.3) is 0 Å². The third kappa shape index (κ3) is 6.17. The molecule has 3 amide bonds. The number of nitrogens with one attached hydrogen (secondary N) is 2. The van der Waals surface area contributed by atoms with Crippen LogP contribution in [0.15, 0.2) is 54.6 Å². The number of benzene rings is 2. The SMILES string of the molecule is Cc1ccc(C(=O)CCC(=O)NC2CCN(C(=O)Nc3ccccc3)CC2)cc1. The van der Waals surface area contributed by atoms with Gasteiger partial charge in [-0.15, -0.1) is 0 Å². The molecular formula is C23H27N3O3. The summed E-state index contributed by atoms with van der Waals surface area (Å²) in [7, 11) is 0. The second kappa shape index (κ2) is 9.87. The number of ketones is 1. The summed E-state index contributed by atoms with van der Waals surface area (Å²) in [6, 6.07) is 16.7. The first kappa shape index (κ1) is 20.6. The number of rotatable bonds is 6. The van der Waals surface area contributed by atoms with Crippen molar-refractivity contribution in [1.29, 1.82) is 0 Å². The van der Waals surface area contributed by atoms with Crippen molar-refractivity contribution >= 4 is 23.4 Å². The summed E-state index contributed by atoms with van der Waals surface area (Å²) < 4.78 is 0. The Hall–Kier alpha value is -3.15. The van der Waals surface area contributed by atoms with Gasteiger partial charge >= 0.3 is 6.03 Å². The van der Waals surface area contributed by atoms with Gasteiger partial charge in [0.2, 0.25) is 5.91 Å². The molecule has 0 spiro atoms. The highest BCUT2D eigenvalue weighted by atomic mass is 16.2. The number of amides is 3. The van der Waals surface area contributed by atoms with Crippen LogP contribution >= 0.6 is 0 Å². The molecule has 2 aromatic rings. The Morgan fingerprint density at radius 2 is 1.59 bits per heavy atom. The van der Waals surface area contributed by atoms with Crippen molar-refractivity contribution < 1.29 is 14.4 Å². The summed E-state index contributed by atoms with van der Waals surface area (Å²) in [6.07, 6.45) is 1.80. The van der Waals surface area contributed by atoms with Crippen LogP contribution in [0, 0.1) is 6.92 Å². The quantitative estimate of drug-likeness (QED) is 0.734. The van der Waals surface area contributed by atoms with Gasteiger partial charge < -0.3 is 15.5 Å².